The van der Waals surface area contributed by atoms with Crippen LogP contribution in [0.15, 0.2) is 36.4 Å². The van der Waals surface area contributed by atoms with Crippen LogP contribution in [0.3, 0.4) is 0 Å². The summed E-state index contributed by atoms with van der Waals surface area (Å²) in [5, 5.41) is 14.4. The topological polar surface area (TPSA) is 119 Å². The number of Topliss-reactive ketones (excluding diaryl/α,β-unsaturated/α-hetero) is 1. The molecule has 0 spiro atoms. The van der Waals surface area contributed by atoms with Gasteiger partial charge in [-0.05, 0) is 48.7 Å². The normalized spacial score (nSPS) is 15.0. The van der Waals surface area contributed by atoms with Gasteiger partial charge in [0.2, 0.25) is 5.91 Å². The number of anilines is 2. The van der Waals surface area contributed by atoms with E-state index in [1.54, 1.807) is 25.2 Å². The molecule has 0 saturated heterocycles. The van der Waals surface area contributed by atoms with Gasteiger partial charge in [-0.2, -0.15) is 0 Å². The van der Waals surface area contributed by atoms with Crippen LogP contribution in [0.2, 0.25) is 0 Å². The summed E-state index contributed by atoms with van der Waals surface area (Å²) in [4.78, 5) is 48.8. The lowest BCUT2D eigenvalue weighted by molar-refractivity contribution is -0.384. The summed E-state index contributed by atoms with van der Waals surface area (Å²) < 4.78 is 5.07. The third-order valence-corrected chi connectivity index (χ3v) is 5.18. The Morgan fingerprint density at radius 2 is 1.93 bits per heavy atom. The van der Waals surface area contributed by atoms with Crippen LogP contribution in [0.4, 0.5) is 17.1 Å². The van der Waals surface area contributed by atoms with E-state index < -0.39 is 23.3 Å². The van der Waals surface area contributed by atoms with E-state index >= 15 is 0 Å². The Morgan fingerprint density at radius 1 is 1.20 bits per heavy atom. The number of esters is 1. The van der Waals surface area contributed by atoms with Gasteiger partial charge in [0, 0.05) is 30.4 Å². The second kappa shape index (κ2) is 7.58. The maximum absolute atomic E-state index is 12.4. The lowest BCUT2D eigenvalue weighted by Gasteiger charge is -2.10. The molecule has 1 saturated carbocycles. The van der Waals surface area contributed by atoms with Gasteiger partial charge in [0.25, 0.3) is 5.69 Å². The maximum Gasteiger partial charge on any atom is 0.338 e. The van der Waals surface area contributed by atoms with Gasteiger partial charge in [0.05, 0.1) is 16.9 Å². The number of fused-ring (bicyclic) bond motifs is 1. The molecule has 0 atom stereocenters. The number of nitrogens with one attached hydrogen (secondary N) is 1. The Balaban J connectivity index is 1.42. The van der Waals surface area contributed by atoms with E-state index in [9.17, 15) is 24.5 Å². The van der Waals surface area contributed by atoms with Crippen LogP contribution >= 0.6 is 0 Å². The van der Waals surface area contributed by atoms with Gasteiger partial charge >= 0.3 is 5.97 Å². The molecule has 0 aromatic heterocycles. The smallest absolute Gasteiger partial charge is 0.338 e. The number of hydrogen-bond donors (Lipinski definition) is 1. The number of hydrogen-bond acceptors (Lipinski definition) is 7. The first-order valence-electron chi connectivity index (χ1n) is 9.48. The average molecular weight is 409 g/mol. The lowest BCUT2D eigenvalue weighted by atomic mass is 10.1. The Labute approximate surface area is 171 Å². The highest BCUT2D eigenvalue weighted by Crippen LogP contribution is 2.32. The summed E-state index contributed by atoms with van der Waals surface area (Å²) in [6.45, 7) is -0.503. The van der Waals surface area contributed by atoms with Gasteiger partial charge in [-0.1, -0.05) is 0 Å². The van der Waals surface area contributed by atoms with Gasteiger partial charge in [-0.25, -0.2) is 4.79 Å². The predicted molar refractivity (Wildman–Crippen MR) is 108 cm³/mol. The fourth-order valence-corrected chi connectivity index (χ4v) is 3.32. The second-order valence-electron chi connectivity index (χ2n) is 7.38. The number of rotatable bonds is 7. The van der Waals surface area contributed by atoms with E-state index in [0.717, 1.165) is 30.2 Å². The lowest BCUT2D eigenvalue weighted by Crippen LogP contribution is -2.20. The molecule has 1 amide bonds. The van der Waals surface area contributed by atoms with E-state index in [2.05, 4.69) is 5.32 Å². The van der Waals surface area contributed by atoms with Crippen LogP contribution in [0.1, 0.15) is 39.1 Å². The van der Waals surface area contributed by atoms with Crippen LogP contribution in [-0.2, 0) is 16.0 Å². The number of ether oxygens (including phenoxy) is 1. The number of likely N-dealkylation sites (N-methyl/N-ethyl adjacent to an activating group) is 1. The van der Waals surface area contributed by atoms with Crippen molar-refractivity contribution in [2.75, 3.05) is 23.9 Å². The number of carbonyl (C=O) groups is 3. The first-order chi connectivity index (χ1) is 14.3. The molecule has 0 radical (unpaired) electrons. The molecule has 1 N–H and O–H groups in total. The molecule has 9 heteroatoms. The molecule has 1 aliphatic carbocycles. The third kappa shape index (κ3) is 3.86. The molecule has 30 heavy (non-hydrogen) atoms. The predicted octanol–water partition coefficient (Wildman–Crippen LogP) is 2.73. The second-order valence-corrected chi connectivity index (χ2v) is 7.38. The zero-order valence-electron chi connectivity index (χ0n) is 16.2. The van der Waals surface area contributed by atoms with Crippen LogP contribution in [0.25, 0.3) is 0 Å². The van der Waals surface area contributed by atoms with Gasteiger partial charge in [0.15, 0.2) is 12.4 Å². The Hall–Kier alpha value is -3.75. The van der Waals surface area contributed by atoms with E-state index in [1.165, 1.54) is 17.0 Å². The maximum atomic E-state index is 12.4. The van der Waals surface area contributed by atoms with Gasteiger partial charge in [-0.15, -0.1) is 0 Å². The number of ketones is 1. The summed E-state index contributed by atoms with van der Waals surface area (Å²) >= 11 is 0. The minimum atomic E-state index is -0.819. The van der Waals surface area contributed by atoms with Crippen LogP contribution in [-0.4, -0.2) is 42.3 Å². The van der Waals surface area contributed by atoms with E-state index in [0.29, 0.717) is 11.3 Å². The fraction of sp³-hybridized carbons (Fsp3) is 0.286. The summed E-state index contributed by atoms with van der Waals surface area (Å²) in [6, 6.07) is 9.16. The average Bonchev–Trinajstić information content (AvgIpc) is 3.50. The molecule has 1 fully saturated rings. The van der Waals surface area contributed by atoms with E-state index in [4.69, 9.17) is 4.74 Å². The molecule has 9 nitrogen and oxygen atoms in total. The molecule has 2 aromatic carbocycles. The first-order valence-corrected chi connectivity index (χ1v) is 9.48. The van der Waals surface area contributed by atoms with Crippen molar-refractivity contribution in [1.29, 1.82) is 0 Å². The largest absolute Gasteiger partial charge is 0.454 e. The molecule has 2 aliphatic rings. The number of nitrogens with zero attached hydrogens (tertiary/aromatic N) is 2. The molecule has 2 aromatic rings. The highest BCUT2D eigenvalue weighted by molar-refractivity contribution is 6.04. The molecule has 0 bridgehead atoms. The third-order valence-electron chi connectivity index (χ3n) is 5.18. The van der Waals surface area contributed by atoms with E-state index in [1.807, 2.05) is 0 Å². The van der Waals surface area contributed by atoms with Crippen molar-refractivity contribution in [2.24, 2.45) is 0 Å². The van der Waals surface area contributed by atoms with Gasteiger partial charge in [0.1, 0.15) is 5.69 Å². The van der Waals surface area contributed by atoms with Crippen molar-refractivity contribution < 1.29 is 24.0 Å². The molecule has 1 heterocycles. The first kappa shape index (κ1) is 19.6. The number of nitro groups is 1. The SMILES string of the molecule is CN1C(=O)Cc2cc(C(=O)COC(=O)c3ccc(NC4CC4)c([N+](=O)[O-])c3)ccc21. The Morgan fingerprint density at radius 3 is 2.63 bits per heavy atom. The summed E-state index contributed by atoms with van der Waals surface area (Å²) in [5.74, 6) is -1.29. The van der Waals surface area contributed by atoms with Crippen molar-refractivity contribution in [1.82, 2.24) is 0 Å². The van der Waals surface area contributed by atoms with Crippen LogP contribution < -0.4 is 10.2 Å². The quantitative estimate of drug-likeness (QED) is 0.323. The van der Waals surface area contributed by atoms with Crippen LogP contribution in [0, 0.1) is 10.1 Å². The highest BCUT2D eigenvalue weighted by Gasteiger charge is 2.27. The van der Waals surface area contributed by atoms with Crippen LogP contribution in [0.5, 0.6) is 0 Å². The van der Waals surface area contributed by atoms with E-state index in [-0.39, 0.29) is 29.6 Å². The molecule has 1 aliphatic heterocycles. The molecular formula is C21H19N3O6. The molecule has 4 rings (SSSR count). The Kier molecular flexibility index (Phi) is 4.94. The van der Waals surface area contributed by atoms with Crippen molar-refractivity contribution in [2.45, 2.75) is 25.3 Å². The zero-order valence-corrected chi connectivity index (χ0v) is 16.2. The minimum Gasteiger partial charge on any atom is -0.454 e. The van der Waals surface area contributed by atoms with Crippen molar-refractivity contribution in [3.8, 4) is 0 Å². The van der Waals surface area contributed by atoms with Gasteiger partial charge in [-0.3, -0.25) is 19.7 Å². The standard InChI is InChI=1S/C21H19N3O6/c1-23-17-7-3-12(8-14(17)10-20(23)26)19(25)11-30-21(27)13-2-6-16(22-15-4-5-15)18(9-13)24(28)29/h2-3,6-9,15,22H,4-5,10-11H2,1H3. The molecule has 0 unspecified atom stereocenters. The molecular weight excluding hydrogens is 390 g/mol. The van der Waals surface area contributed by atoms with Crippen molar-refractivity contribution >= 4 is 34.7 Å². The fourth-order valence-electron chi connectivity index (χ4n) is 3.32. The number of carbonyl (C=O) groups excluding carboxylic acids is 3. The summed E-state index contributed by atoms with van der Waals surface area (Å²) in [7, 11) is 1.67. The zero-order chi connectivity index (χ0) is 21.4. The van der Waals surface area contributed by atoms with Crippen molar-refractivity contribution in [3.05, 3.63) is 63.2 Å². The summed E-state index contributed by atoms with van der Waals surface area (Å²) in [6.07, 6.45) is 2.13. The van der Waals surface area contributed by atoms with Crippen molar-refractivity contribution in [3.63, 3.8) is 0 Å². The minimum absolute atomic E-state index is 0.00276. The monoisotopic (exact) mass is 409 g/mol. The number of nitro benzene ring substituents is 1. The number of benzene rings is 2. The number of amides is 1. The van der Waals surface area contributed by atoms with Gasteiger partial charge < -0.3 is 15.0 Å². The molecule has 154 valence electrons. The highest BCUT2D eigenvalue weighted by atomic mass is 16.6. The summed E-state index contributed by atoms with van der Waals surface area (Å²) in [5.41, 5.74) is 1.97. The Bertz CT molecular complexity index is 1080.